The number of nitrogens with zero attached hydrogens (tertiary/aromatic N) is 1. The second-order valence-electron chi connectivity index (χ2n) is 3.50. The lowest BCUT2D eigenvalue weighted by molar-refractivity contribution is -0.120. The van der Waals surface area contributed by atoms with Crippen molar-refractivity contribution in [3.8, 4) is 0 Å². The number of pyridine rings is 1. The molecule has 98 valence electrons. The summed E-state index contributed by atoms with van der Waals surface area (Å²) in [5.74, 6) is -0.308. The van der Waals surface area contributed by atoms with E-state index in [1.165, 1.54) is 12.3 Å². The molecule has 0 spiro atoms. The first-order chi connectivity index (χ1) is 8.63. The maximum Gasteiger partial charge on any atom is 0.253 e. The van der Waals surface area contributed by atoms with Crippen molar-refractivity contribution < 1.29 is 14.3 Å². The fraction of sp³-hybridized carbons (Fsp3) is 0.364. The summed E-state index contributed by atoms with van der Waals surface area (Å²) in [6.45, 7) is 0.753. The molecule has 0 fully saturated rings. The Hall–Kier alpha value is -2.15. The SMILES string of the molecule is COCCNC(=O)CNC(=O)c1ccc(N)nc1. The minimum Gasteiger partial charge on any atom is -0.384 e. The summed E-state index contributed by atoms with van der Waals surface area (Å²) in [5, 5.41) is 5.06. The van der Waals surface area contributed by atoms with Gasteiger partial charge in [-0.3, -0.25) is 9.59 Å². The molecule has 1 rings (SSSR count). The molecule has 1 aromatic rings. The van der Waals surface area contributed by atoms with E-state index in [1.54, 1.807) is 13.2 Å². The molecular formula is C11H16N4O3. The Morgan fingerprint density at radius 1 is 1.39 bits per heavy atom. The van der Waals surface area contributed by atoms with Gasteiger partial charge in [-0.05, 0) is 12.1 Å². The van der Waals surface area contributed by atoms with E-state index >= 15 is 0 Å². The van der Waals surface area contributed by atoms with Gasteiger partial charge < -0.3 is 21.1 Å². The highest BCUT2D eigenvalue weighted by atomic mass is 16.5. The second-order valence-corrected chi connectivity index (χ2v) is 3.50. The Morgan fingerprint density at radius 3 is 2.78 bits per heavy atom. The average Bonchev–Trinajstić information content (AvgIpc) is 2.37. The van der Waals surface area contributed by atoms with Gasteiger partial charge in [-0.1, -0.05) is 0 Å². The van der Waals surface area contributed by atoms with E-state index in [2.05, 4.69) is 15.6 Å². The van der Waals surface area contributed by atoms with E-state index in [1.807, 2.05) is 0 Å². The van der Waals surface area contributed by atoms with Crippen molar-refractivity contribution in [2.45, 2.75) is 0 Å². The van der Waals surface area contributed by atoms with Gasteiger partial charge in [0.05, 0.1) is 18.7 Å². The molecule has 7 heteroatoms. The van der Waals surface area contributed by atoms with Gasteiger partial charge in [-0.25, -0.2) is 4.98 Å². The Labute approximate surface area is 105 Å². The first-order valence-corrected chi connectivity index (χ1v) is 5.39. The predicted molar refractivity (Wildman–Crippen MR) is 65.9 cm³/mol. The van der Waals surface area contributed by atoms with Gasteiger partial charge >= 0.3 is 0 Å². The molecule has 0 aliphatic heterocycles. The molecule has 0 aliphatic rings. The predicted octanol–water partition coefficient (Wildman–Crippen LogP) is -0.844. The van der Waals surface area contributed by atoms with Crippen LogP contribution in [0.15, 0.2) is 18.3 Å². The molecule has 0 aliphatic carbocycles. The summed E-state index contributed by atoms with van der Waals surface area (Å²) >= 11 is 0. The molecule has 0 atom stereocenters. The molecule has 4 N–H and O–H groups in total. The van der Waals surface area contributed by atoms with Crippen LogP contribution in [0.25, 0.3) is 0 Å². The molecule has 0 radical (unpaired) electrons. The van der Waals surface area contributed by atoms with Gasteiger partial charge in [0.2, 0.25) is 5.91 Å². The van der Waals surface area contributed by atoms with Gasteiger partial charge in [0.1, 0.15) is 5.82 Å². The van der Waals surface area contributed by atoms with Crippen molar-refractivity contribution in [2.24, 2.45) is 0 Å². The van der Waals surface area contributed by atoms with Crippen molar-refractivity contribution in [3.63, 3.8) is 0 Å². The standard InChI is InChI=1S/C11H16N4O3/c1-18-5-4-13-10(16)7-15-11(17)8-2-3-9(12)14-6-8/h2-3,6H,4-5,7H2,1H3,(H2,12,14)(H,13,16)(H,15,17). The summed E-state index contributed by atoms with van der Waals surface area (Å²) in [4.78, 5) is 26.7. The lowest BCUT2D eigenvalue weighted by Crippen LogP contribution is -2.38. The number of amides is 2. The monoisotopic (exact) mass is 252 g/mol. The minimum atomic E-state index is -0.371. The number of hydrogen-bond donors (Lipinski definition) is 3. The Morgan fingerprint density at radius 2 is 2.17 bits per heavy atom. The summed E-state index contributed by atoms with van der Waals surface area (Å²) in [7, 11) is 1.54. The molecule has 0 unspecified atom stereocenters. The lowest BCUT2D eigenvalue weighted by atomic mass is 10.2. The number of rotatable bonds is 6. The van der Waals surface area contributed by atoms with Gasteiger partial charge in [-0.15, -0.1) is 0 Å². The Bertz CT molecular complexity index is 405. The fourth-order valence-electron chi connectivity index (χ4n) is 1.16. The highest BCUT2D eigenvalue weighted by molar-refractivity contribution is 5.96. The molecular weight excluding hydrogens is 236 g/mol. The van der Waals surface area contributed by atoms with E-state index in [0.717, 1.165) is 0 Å². The van der Waals surface area contributed by atoms with Gasteiger partial charge in [-0.2, -0.15) is 0 Å². The number of nitrogens with one attached hydrogen (secondary N) is 2. The largest absolute Gasteiger partial charge is 0.384 e. The number of nitrogens with two attached hydrogens (primary N) is 1. The third-order valence-electron chi connectivity index (χ3n) is 2.09. The number of anilines is 1. The zero-order valence-corrected chi connectivity index (χ0v) is 10.1. The van der Waals surface area contributed by atoms with Crippen LogP contribution < -0.4 is 16.4 Å². The van der Waals surface area contributed by atoms with E-state index in [4.69, 9.17) is 10.5 Å². The Kier molecular flexibility index (Phi) is 5.59. The number of hydrogen-bond acceptors (Lipinski definition) is 5. The third kappa shape index (κ3) is 4.79. The van der Waals surface area contributed by atoms with E-state index in [-0.39, 0.29) is 18.4 Å². The summed E-state index contributed by atoms with van der Waals surface area (Å²) in [6.07, 6.45) is 1.35. The van der Waals surface area contributed by atoms with Crippen LogP contribution in [0.5, 0.6) is 0 Å². The zero-order valence-electron chi connectivity index (χ0n) is 10.1. The van der Waals surface area contributed by atoms with Crippen LogP contribution in [-0.4, -0.2) is 43.6 Å². The number of aromatic nitrogens is 1. The molecule has 0 bridgehead atoms. The average molecular weight is 252 g/mol. The number of nitrogen functional groups attached to an aromatic ring is 1. The van der Waals surface area contributed by atoms with Gasteiger partial charge in [0.15, 0.2) is 0 Å². The fourth-order valence-corrected chi connectivity index (χ4v) is 1.16. The van der Waals surface area contributed by atoms with Crippen LogP contribution in [0.1, 0.15) is 10.4 Å². The zero-order chi connectivity index (χ0) is 13.4. The summed E-state index contributed by atoms with van der Waals surface area (Å²) < 4.78 is 4.78. The van der Waals surface area contributed by atoms with Gasteiger partial charge in [0.25, 0.3) is 5.91 Å². The van der Waals surface area contributed by atoms with Crippen molar-refractivity contribution in [1.82, 2.24) is 15.6 Å². The molecule has 0 aromatic carbocycles. The smallest absolute Gasteiger partial charge is 0.253 e. The van der Waals surface area contributed by atoms with Crippen LogP contribution in [0.2, 0.25) is 0 Å². The highest BCUT2D eigenvalue weighted by Gasteiger charge is 2.07. The Balaban J connectivity index is 2.32. The van der Waals surface area contributed by atoms with E-state index in [0.29, 0.717) is 24.5 Å². The minimum absolute atomic E-state index is 0.0904. The molecule has 0 saturated heterocycles. The molecule has 0 saturated carbocycles. The maximum absolute atomic E-state index is 11.6. The summed E-state index contributed by atoms with van der Waals surface area (Å²) in [5.41, 5.74) is 5.75. The first-order valence-electron chi connectivity index (χ1n) is 5.39. The van der Waals surface area contributed by atoms with Crippen LogP contribution in [0, 0.1) is 0 Å². The van der Waals surface area contributed by atoms with Crippen molar-refractivity contribution in [2.75, 3.05) is 32.5 Å². The molecule has 18 heavy (non-hydrogen) atoms. The third-order valence-corrected chi connectivity index (χ3v) is 2.09. The second kappa shape index (κ2) is 7.23. The van der Waals surface area contributed by atoms with Crippen LogP contribution in [-0.2, 0) is 9.53 Å². The van der Waals surface area contributed by atoms with E-state index in [9.17, 15) is 9.59 Å². The topological polar surface area (TPSA) is 106 Å². The number of methoxy groups -OCH3 is 1. The molecule has 1 heterocycles. The maximum atomic E-state index is 11.6. The quantitative estimate of drug-likeness (QED) is 0.572. The van der Waals surface area contributed by atoms with Crippen LogP contribution in [0.3, 0.4) is 0 Å². The van der Waals surface area contributed by atoms with Crippen LogP contribution in [0.4, 0.5) is 5.82 Å². The number of carbonyl (C=O) groups is 2. The van der Waals surface area contributed by atoms with Crippen molar-refractivity contribution >= 4 is 17.6 Å². The molecule has 2 amide bonds. The van der Waals surface area contributed by atoms with Crippen LogP contribution >= 0.6 is 0 Å². The number of carbonyl (C=O) groups excluding carboxylic acids is 2. The summed E-state index contributed by atoms with van der Waals surface area (Å²) in [6, 6.07) is 3.06. The molecule has 1 aromatic heterocycles. The van der Waals surface area contributed by atoms with Gasteiger partial charge in [0, 0.05) is 19.9 Å². The van der Waals surface area contributed by atoms with E-state index < -0.39 is 0 Å². The van der Waals surface area contributed by atoms with Crippen molar-refractivity contribution in [3.05, 3.63) is 23.9 Å². The highest BCUT2D eigenvalue weighted by Crippen LogP contribution is 2.00. The normalized spacial score (nSPS) is 9.83. The molecule has 7 nitrogen and oxygen atoms in total. The van der Waals surface area contributed by atoms with Crippen molar-refractivity contribution in [1.29, 1.82) is 0 Å². The number of ether oxygens (including phenoxy) is 1. The lowest BCUT2D eigenvalue weighted by Gasteiger charge is -2.06. The first kappa shape index (κ1) is 13.9.